The molecule has 6 heteroatoms. The Labute approximate surface area is 183 Å². The molecule has 0 bridgehead atoms. The lowest BCUT2D eigenvalue weighted by Crippen LogP contribution is -2.18. The predicted molar refractivity (Wildman–Crippen MR) is 122 cm³/mol. The van der Waals surface area contributed by atoms with E-state index in [4.69, 9.17) is 9.47 Å². The normalized spacial score (nSPS) is 13.1. The molecular formula is C25H29N3O3. The molecule has 0 aliphatic carbocycles. The molecule has 31 heavy (non-hydrogen) atoms. The minimum atomic E-state index is -0.455. The number of hydrogen-bond donors (Lipinski definition) is 1. The van der Waals surface area contributed by atoms with Crippen LogP contribution in [0.25, 0.3) is 0 Å². The van der Waals surface area contributed by atoms with Gasteiger partial charge in [0.15, 0.2) is 0 Å². The van der Waals surface area contributed by atoms with Crippen LogP contribution in [-0.4, -0.2) is 36.2 Å². The van der Waals surface area contributed by atoms with Crippen LogP contribution < -0.4 is 10.1 Å². The smallest absolute Gasteiger partial charge is 0.411 e. The third-order valence-corrected chi connectivity index (χ3v) is 4.90. The van der Waals surface area contributed by atoms with Gasteiger partial charge in [0.05, 0.1) is 7.11 Å². The zero-order chi connectivity index (χ0) is 21.7. The Morgan fingerprint density at radius 1 is 0.935 bits per heavy atom. The number of aromatic nitrogens is 1. The summed E-state index contributed by atoms with van der Waals surface area (Å²) in [5.41, 5.74) is 2.92. The summed E-state index contributed by atoms with van der Waals surface area (Å²) in [5, 5.41) is 2.76. The van der Waals surface area contributed by atoms with E-state index in [1.807, 2.05) is 54.6 Å². The molecule has 0 spiro atoms. The van der Waals surface area contributed by atoms with Gasteiger partial charge in [0.2, 0.25) is 0 Å². The maximum absolute atomic E-state index is 11.9. The van der Waals surface area contributed by atoms with E-state index in [9.17, 15) is 4.79 Å². The monoisotopic (exact) mass is 419 g/mol. The van der Waals surface area contributed by atoms with Gasteiger partial charge in [-0.3, -0.25) is 15.2 Å². The lowest BCUT2D eigenvalue weighted by atomic mass is 10.2. The van der Waals surface area contributed by atoms with Crippen LogP contribution in [0.1, 0.15) is 24.0 Å². The standard InChI is InChI=1S/C20H24N2O3.C5H5N/c1-24-19-10-6-17(7-11-19)15-25-20(23)21-18-8-4-16(5-9-18)14-22-12-2-3-13-22;1-2-4-6-5-3-1/h4-11H,2-3,12-15H2,1H3,(H,21,23);1-5H. The number of ether oxygens (including phenoxy) is 2. The Morgan fingerprint density at radius 3 is 2.13 bits per heavy atom. The maximum Gasteiger partial charge on any atom is 0.411 e. The summed E-state index contributed by atoms with van der Waals surface area (Å²) in [6.07, 6.45) is 5.63. The SMILES string of the molecule is COc1ccc(COC(=O)Nc2ccc(CN3CCCC3)cc2)cc1.c1ccncc1. The molecule has 0 radical (unpaired) electrons. The second-order valence-electron chi connectivity index (χ2n) is 7.25. The third-order valence-electron chi connectivity index (χ3n) is 4.90. The van der Waals surface area contributed by atoms with Crippen molar-refractivity contribution in [3.63, 3.8) is 0 Å². The molecular weight excluding hydrogens is 390 g/mol. The van der Waals surface area contributed by atoms with Gasteiger partial charge in [0.25, 0.3) is 0 Å². The first-order chi connectivity index (χ1) is 15.2. The number of amides is 1. The molecule has 6 nitrogen and oxygen atoms in total. The van der Waals surface area contributed by atoms with Crippen molar-refractivity contribution in [2.75, 3.05) is 25.5 Å². The number of carbonyl (C=O) groups is 1. The van der Waals surface area contributed by atoms with Crippen molar-refractivity contribution in [2.45, 2.75) is 26.0 Å². The van der Waals surface area contributed by atoms with Crippen molar-refractivity contribution in [3.05, 3.63) is 90.3 Å². The second kappa shape index (κ2) is 12.3. The fourth-order valence-electron chi connectivity index (χ4n) is 3.23. The molecule has 0 atom stereocenters. The molecule has 0 saturated carbocycles. The fraction of sp³-hybridized carbons (Fsp3) is 0.280. The molecule has 1 aromatic heterocycles. The van der Waals surface area contributed by atoms with Crippen LogP contribution in [0.3, 0.4) is 0 Å². The molecule has 4 rings (SSSR count). The van der Waals surface area contributed by atoms with Crippen molar-refractivity contribution in [2.24, 2.45) is 0 Å². The van der Waals surface area contributed by atoms with Crippen LogP contribution in [0, 0.1) is 0 Å². The van der Waals surface area contributed by atoms with Crippen LogP contribution in [-0.2, 0) is 17.9 Å². The van der Waals surface area contributed by atoms with Crippen molar-refractivity contribution in [3.8, 4) is 5.75 Å². The summed E-state index contributed by atoms with van der Waals surface area (Å²) >= 11 is 0. The molecule has 1 amide bonds. The summed E-state index contributed by atoms with van der Waals surface area (Å²) in [7, 11) is 1.62. The lowest BCUT2D eigenvalue weighted by molar-refractivity contribution is 0.155. The van der Waals surface area contributed by atoms with Gasteiger partial charge in [-0.05, 0) is 73.5 Å². The molecule has 1 aliphatic rings. The Hall–Kier alpha value is -3.38. The molecule has 2 heterocycles. The average molecular weight is 420 g/mol. The quantitative estimate of drug-likeness (QED) is 0.601. The van der Waals surface area contributed by atoms with Gasteiger partial charge in [0, 0.05) is 24.6 Å². The van der Waals surface area contributed by atoms with Crippen LogP contribution in [0.2, 0.25) is 0 Å². The Bertz CT molecular complexity index is 867. The van der Waals surface area contributed by atoms with Gasteiger partial charge in [-0.2, -0.15) is 0 Å². The lowest BCUT2D eigenvalue weighted by Gasteiger charge is -2.14. The highest BCUT2D eigenvalue weighted by atomic mass is 16.5. The minimum Gasteiger partial charge on any atom is -0.497 e. The Balaban J connectivity index is 0.000000391. The van der Waals surface area contributed by atoms with Crippen molar-refractivity contribution >= 4 is 11.8 Å². The molecule has 1 fully saturated rings. The van der Waals surface area contributed by atoms with Gasteiger partial charge in [-0.1, -0.05) is 30.3 Å². The van der Waals surface area contributed by atoms with Gasteiger partial charge in [-0.25, -0.2) is 4.79 Å². The van der Waals surface area contributed by atoms with Gasteiger partial charge in [0.1, 0.15) is 12.4 Å². The van der Waals surface area contributed by atoms with Crippen molar-refractivity contribution in [1.29, 1.82) is 0 Å². The summed E-state index contributed by atoms with van der Waals surface area (Å²) in [5.74, 6) is 0.780. The fourth-order valence-corrected chi connectivity index (χ4v) is 3.23. The summed E-state index contributed by atoms with van der Waals surface area (Å²) in [4.78, 5) is 18.1. The Kier molecular flexibility index (Phi) is 8.88. The number of methoxy groups -OCH3 is 1. The van der Waals surface area contributed by atoms with Gasteiger partial charge >= 0.3 is 6.09 Å². The number of benzene rings is 2. The molecule has 1 N–H and O–H groups in total. The Morgan fingerprint density at radius 2 is 1.58 bits per heavy atom. The first-order valence-electron chi connectivity index (χ1n) is 10.5. The topological polar surface area (TPSA) is 63.7 Å². The highest BCUT2D eigenvalue weighted by Gasteiger charge is 2.11. The van der Waals surface area contributed by atoms with E-state index in [0.717, 1.165) is 23.5 Å². The maximum atomic E-state index is 11.9. The van der Waals surface area contributed by atoms with Crippen LogP contribution in [0.5, 0.6) is 5.75 Å². The third kappa shape index (κ3) is 8.10. The molecule has 3 aromatic rings. The summed E-state index contributed by atoms with van der Waals surface area (Å²) in [6, 6.07) is 21.1. The zero-order valence-electron chi connectivity index (χ0n) is 17.9. The minimum absolute atomic E-state index is 0.225. The summed E-state index contributed by atoms with van der Waals surface area (Å²) < 4.78 is 10.3. The highest BCUT2D eigenvalue weighted by Crippen LogP contribution is 2.16. The molecule has 1 saturated heterocycles. The van der Waals surface area contributed by atoms with Gasteiger partial charge in [-0.15, -0.1) is 0 Å². The highest BCUT2D eigenvalue weighted by molar-refractivity contribution is 5.84. The van der Waals surface area contributed by atoms with E-state index in [-0.39, 0.29) is 6.61 Å². The average Bonchev–Trinajstić information content (AvgIpc) is 3.34. The van der Waals surface area contributed by atoms with E-state index in [1.165, 1.54) is 31.5 Å². The predicted octanol–water partition coefficient (Wildman–Crippen LogP) is 5.12. The van der Waals surface area contributed by atoms with Crippen LogP contribution in [0.4, 0.5) is 10.5 Å². The number of anilines is 1. The number of pyridine rings is 1. The number of hydrogen-bond acceptors (Lipinski definition) is 5. The van der Waals surface area contributed by atoms with E-state index in [0.29, 0.717) is 0 Å². The van der Waals surface area contributed by atoms with Gasteiger partial charge < -0.3 is 9.47 Å². The van der Waals surface area contributed by atoms with E-state index >= 15 is 0 Å². The van der Waals surface area contributed by atoms with Crippen molar-refractivity contribution in [1.82, 2.24) is 9.88 Å². The summed E-state index contributed by atoms with van der Waals surface area (Å²) in [6.45, 7) is 3.56. The van der Waals surface area contributed by atoms with Crippen LogP contribution >= 0.6 is 0 Å². The molecule has 1 aliphatic heterocycles. The number of nitrogens with zero attached hydrogens (tertiary/aromatic N) is 2. The molecule has 0 unspecified atom stereocenters. The zero-order valence-corrected chi connectivity index (χ0v) is 17.9. The number of carbonyl (C=O) groups excluding carboxylic acids is 1. The second-order valence-corrected chi connectivity index (χ2v) is 7.25. The largest absolute Gasteiger partial charge is 0.497 e. The van der Waals surface area contributed by atoms with Crippen molar-refractivity contribution < 1.29 is 14.3 Å². The first-order valence-corrected chi connectivity index (χ1v) is 10.5. The van der Waals surface area contributed by atoms with Crippen LogP contribution in [0.15, 0.2) is 79.1 Å². The number of nitrogens with one attached hydrogen (secondary N) is 1. The van der Waals surface area contributed by atoms with E-state index in [1.54, 1.807) is 19.5 Å². The molecule has 2 aromatic carbocycles. The van der Waals surface area contributed by atoms with E-state index < -0.39 is 6.09 Å². The van der Waals surface area contributed by atoms with E-state index in [2.05, 4.69) is 27.3 Å². The first kappa shape index (κ1) is 22.3. The molecule has 162 valence electrons. The number of likely N-dealkylation sites (tertiary alicyclic amines) is 1. The number of rotatable bonds is 6.